The van der Waals surface area contributed by atoms with Gasteiger partial charge in [-0.3, -0.25) is 4.31 Å². The van der Waals surface area contributed by atoms with E-state index < -0.39 is 22.6 Å². The number of anilines is 1. The Bertz CT molecular complexity index is 509. The highest BCUT2D eigenvalue weighted by Crippen LogP contribution is 2.21. The van der Waals surface area contributed by atoms with E-state index in [4.69, 9.17) is 9.84 Å². The van der Waals surface area contributed by atoms with Gasteiger partial charge in [0.05, 0.1) is 11.9 Å². The van der Waals surface area contributed by atoms with Crippen LogP contribution in [0.2, 0.25) is 0 Å². The van der Waals surface area contributed by atoms with Crippen molar-refractivity contribution in [2.24, 2.45) is 0 Å². The maximum atomic E-state index is 11.5. The van der Waals surface area contributed by atoms with Crippen LogP contribution in [0.15, 0.2) is 24.3 Å². The molecule has 0 aliphatic rings. The molecule has 0 aromatic heterocycles. The van der Waals surface area contributed by atoms with Crippen molar-refractivity contribution in [1.82, 2.24) is 0 Å². The van der Waals surface area contributed by atoms with Crippen LogP contribution in [0.4, 0.5) is 5.69 Å². The largest absolute Gasteiger partial charge is 0.482 e. The summed E-state index contributed by atoms with van der Waals surface area (Å²) < 4.78 is 29.2. The molecule has 6 nitrogen and oxygen atoms in total. The lowest BCUT2D eigenvalue weighted by Crippen LogP contribution is -2.29. The Balaban J connectivity index is 2.85. The highest BCUT2D eigenvalue weighted by molar-refractivity contribution is 7.92. The predicted molar refractivity (Wildman–Crippen MR) is 67.4 cm³/mol. The lowest BCUT2D eigenvalue weighted by Gasteiger charge is -2.20. The van der Waals surface area contributed by atoms with E-state index in [0.717, 1.165) is 6.26 Å². The predicted octanol–water partition coefficient (Wildman–Crippen LogP) is 0.936. The van der Waals surface area contributed by atoms with Crippen molar-refractivity contribution in [3.8, 4) is 5.75 Å². The van der Waals surface area contributed by atoms with Gasteiger partial charge in [0.25, 0.3) is 0 Å². The maximum Gasteiger partial charge on any atom is 0.341 e. The Kier molecular flexibility index (Phi) is 4.55. The number of carbonyl (C=O) groups is 1. The highest BCUT2D eigenvalue weighted by atomic mass is 32.2. The standard InChI is InChI=1S/C11H15NO5S/c1-3-12(18(2,15)16)9-4-6-10(7-5-9)17-8-11(13)14/h4-7H,3,8H2,1-2H3,(H,13,14). The average molecular weight is 273 g/mol. The van der Waals surface area contributed by atoms with Gasteiger partial charge < -0.3 is 9.84 Å². The summed E-state index contributed by atoms with van der Waals surface area (Å²) in [6.07, 6.45) is 1.13. The molecule has 100 valence electrons. The Labute approximate surface area is 106 Å². The van der Waals surface area contributed by atoms with Crippen LogP contribution in [0.25, 0.3) is 0 Å². The average Bonchev–Trinajstić information content (AvgIpc) is 2.27. The molecule has 0 amide bonds. The van der Waals surface area contributed by atoms with Crippen molar-refractivity contribution in [3.63, 3.8) is 0 Å². The van der Waals surface area contributed by atoms with Gasteiger partial charge in [-0.1, -0.05) is 0 Å². The second-order valence-electron chi connectivity index (χ2n) is 3.60. The number of sulfonamides is 1. The summed E-state index contributed by atoms with van der Waals surface area (Å²) in [5, 5.41) is 8.45. The molecule has 1 aromatic carbocycles. The van der Waals surface area contributed by atoms with Gasteiger partial charge in [0.1, 0.15) is 5.75 Å². The molecule has 0 aliphatic heterocycles. The van der Waals surface area contributed by atoms with E-state index in [-0.39, 0.29) is 0 Å². The van der Waals surface area contributed by atoms with Crippen LogP contribution in [-0.2, 0) is 14.8 Å². The SMILES string of the molecule is CCN(c1ccc(OCC(=O)O)cc1)S(C)(=O)=O. The molecule has 7 heteroatoms. The minimum Gasteiger partial charge on any atom is -0.482 e. The first-order valence-corrected chi connectivity index (χ1v) is 7.11. The number of carboxylic acids is 1. The minimum absolute atomic E-state index is 0.328. The smallest absolute Gasteiger partial charge is 0.341 e. The molecule has 0 saturated heterocycles. The summed E-state index contributed by atoms with van der Waals surface area (Å²) in [6, 6.07) is 6.21. The first kappa shape index (κ1) is 14.3. The molecule has 0 saturated carbocycles. The van der Waals surface area contributed by atoms with Gasteiger partial charge >= 0.3 is 5.97 Å². The summed E-state index contributed by atoms with van der Waals surface area (Å²) in [4.78, 5) is 10.3. The number of ether oxygens (including phenoxy) is 1. The second kappa shape index (κ2) is 5.72. The molecule has 0 bridgehead atoms. The van der Waals surface area contributed by atoms with Crippen LogP contribution in [0.3, 0.4) is 0 Å². The monoisotopic (exact) mass is 273 g/mol. The van der Waals surface area contributed by atoms with E-state index in [1.54, 1.807) is 19.1 Å². The van der Waals surface area contributed by atoms with Crippen LogP contribution >= 0.6 is 0 Å². The van der Waals surface area contributed by atoms with Crippen LogP contribution in [0.1, 0.15) is 6.92 Å². The van der Waals surface area contributed by atoms with Crippen molar-refractivity contribution in [2.75, 3.05) is 23.7 Å². The fourth-order valence-electron chi connectivity index (χ4n) is 1.46. The van der Waals surface area contributed by atoms with Crippen LogP contribution in [-0.4, -0.2) is 38.9 Å². The van der Waals surface area contributed by atoms with E-state index >= 15 is 0 Å². The fraction of sp³-hybridized carbons (Fsp3) is 0.364. The zero-order chi connectivity index (χ0) is 13.8. The topological polar surface area (TPSA) is 83.9 Å². The molecule has 0 atom stereocenters. The number of aliphatic carboxylic acids is 1. The number of carboxylic acid groups (broad SMARTS) is 1. The molecular formula is C11H15NO5S. The molecule has 1 aromatic rings. The highest BCUT2D eigenvalue weighted by Gasteiger charge is 2.14. The van der Waals surface area contributed by atoms with Crippen molar-refractivity contribution in [3.05, 3.63) is 24.3 Å². The number of rotatable bonds is 6. The molecule has 0 heterocycles. The third kappa shape index (κ3) is 3.92. The van der Waals surface area contributed by atoms with Gasteiger partial charge in [0, 0.05) is 6.54 Å². The number of hydrogen-bond donors (Lipinski definition) is 1. The lowest BCUT2D eigenvalue weighted by atomic mass is 10.3. The second-order valence-corrected chi connectivity index (χ2v) is 5.51. The molecule has 18 heavy (non-hydrogen) atoms. The first-order chi connectivity index (χ1) is 8.34. The van der Waals surface area contributed by atoms with Gasteiger partial charge in [-0.2, -0.15) is 0 Å². The van der Waals surface area contributed by atoms with Crippen molar-refractivity contribution < 1.29 is 23.1 Å². The van der Waals surface area contributed by atoms with E-state index in [9.17, 15) is 13.2 Å². The van der Waals surface area contributed by atoms with Crippen LogP contribution in [0, 0.1) is 0 Å². The van der Waals surface area contributed by atoms with Crippen LogP contribution < -0.4 is 9.04 Å². The number of nitrogens with zero attached hydrogens (tertiary/aromatic N) is 1. The third-order valence-corrected chi connectivity index (χ3v) is 3.44. The van der Waals surface area contributed by atoms with Crippen LogP contribution in [0.5, 0.6) is 5.75 Å². The molecule has 0 unspecified atom stereocenters. The van der Waals surface area contributed by atoms with Crippen molar-refractivity contribution >= 4 is 21.7 Å². The zero-order valence-corrected chi connectivity index (χ0v) is 11.0. The third-order valence-electron chi connectivity index (χ3n) is 2.17. The van der Waals surface area contributed by atoms with Gasteiger partial charge in [0.15, 0.2) is 6.61 Å². The summed E-state index contributed by atoms with van der Waals surface area (Å²) >= 11 is 0. The van der Waals surface area contributed by atoms with E-state index in [1.165, 1.54) is 16.4 Å². The molecule has 0 fully saturated rings. The van der Waals surface area contributed by atoms with Crippen molar-refractivity contribution in [1.29, 1.82) is 0 Å². The van der Waals surface area contributed by atoms with Gasteiger partial charge in [-0.25, -0.2) is 13.2 Å². The Morgan fingerprint density at radius 3 is 2.28 bits per heavy atom. The zero-order valence-electron chi connectivity index (χ0n) is 10.2. The molecule has 0 aliphatic carbocycles. The molecule has 1 rings (SSSR count). The van der Waals surface area contributed by atoms with Gasteiger partial charge in [0.2, 0.25) is 10.0 Å². The first-order valence-electron chi connectivity index (χ1n) is 5.27. The van der Waals surface area contributed by atoms with E-state index in [2.05, 4.69) is 0 Å². The lowest BCUT2D eigenvalue weighted by molar-refractivity contribution is -0.139. The molecular weight excluding hydrogens is 258 g/mol. The Hall–Kier alpha value is -1.76. The molecule has 0 spiro atoms. The Morgan fingerprint density at radius 1 is 1.33 bits per heavy atom. The summed E-state index contributed by atoms with van der Waals surface area (Å²) in [7, 11) is -3.31. The van der Waals surface area contributed by atoms with Gasteiger partial charge in [-0.05, 0) is 31.2 Å². The fourth-order valence-corrected chi connectivity index (χ4v) is 2.44. The summed E-state index contributed by atoms with van der Waals surface area (Å²) in [6.45, 7) is 1.63. The minimum atomic E-state index is -3.31. The van der Waals surface area contributed by atoms with E-state index in [0.29, 0.717) is 18.0 Å². The normalized spacial score (nSPS) is 11.0. The maximum absolute atomic E-state index is 11.5. The quantitative estimate of drug-likeness (QED) is 0.833. The number of benzene rings is 1. The Morgan fingerprint density at radius 2 is 1.89 bits per heavy atom. The summed E-state index contributed by atoms with van der Waals surface area (Å²) in [5.74, 6) is -0.684. The molecule has 0 radical (unpaired) electrons. The number of hydrogen-bond acceptors (Lipinski definition) is 4. The summed E-state index contributed by atoms with van der Waals surface area (Å²) in [5.41, 5.74) is 0.516. The van der Waals surface area contributed by atoms with Crippen molar-refractivity contribution in [2.45, 2.75) is 6.92 Å². The van der Waals surface area contributed by atoms with Gasteiger partial charge in [-0.15, -0.1) is 0 Å². The molecule has 1 N–H and O–H groups in total. The van der Waals surface area contributed by atoms with E-state index in [1.807, 2.05) is 0 Å².